The van der Waals surface area contributed by atoms with Crippen LogP contribution in [0.4, 0.5) is 4.39 Å². The Bertz CT molecular complexity index is 551. The molecule has 0 aliphatic carbocycles. The number of aryl methyl sites for hydroxylation is 1. The zero-order chi connectivity index (χ0) is 13.8. The van der Waals surface area contributed by atoms with Gasteiger partial charge >= 0.3 is 0 Å². The van der Waals surface area contributed by atoms with Crippen molar-refractivity contribution in [1.82, 2.24) is 0 Å². The van der Waals surface area contributed by atoms with Crippen LogP contribution in [0.2, 0.25) is 5.02 Å². The van der Waals surface area contributed by atoms with Crippen molar-refractivity contribution in [3.05, 3.63) is 70.0 Å². The summed E-state index contributed by atoms with van der Waals surface area (Å²) in [4.78, 5) is 0. The minimum absolute atomic E-state index is 0.264. The number of benzene rings is 2. The second-order valence-electron chi connectivity index (χ2n) is 4.78. The van der Waals surface area contributed by atoms with Crippen LogP contribution in [-0.2, 0) is 12.8 Å². The molecule has 19 heavy (non-hydrogen) atoms. The SMILES string of the molecule is Cc1ccc(CC(O)Cc2cc(Cl)ccc2F)cc1. The standard InChI is InChI=1S/C16H16ClFO/c1-11-2-4-12(5-3-11)8-15(19)10-13-9-14(17)6-7-16(13)18/h2-7,9,15,19H,8,10H2,1H3. The summed E-state index contributed by atoms with van der Waals surface area (Å²) in [5.74, 6) is -0.327. The number of halogens is 2. The molecule has 1 unspecified atom stereocenters. The molecule has 1 atom stereocenters. The minimum Gasteiger partial charge on any atom is -0.392 e. The molecule has 0 radical (unpaired) electrons. The molecular formula is C16H16ClFO. The van der Waals surface area contributed by atoms with Gasteiger partial charge in [0.1, 0.15) is 5.82 Å². The molecule has 0 bridgehead atoms. The maximum absolute atomic E-state index is 13.6. The van der Waals surface area contributed by atoms with Crippen LogP contribution in [0.25, 0.3) is 0 Å². The molecule has 2 aromatic rings. The van der Waals surface area contributed by atoms with Crippen molar-refractivity contribution in [2.75, 3.05) is 0 Å². The molecule has 100 valence electrons. The van der Waals surface area contributed by atoms with E-state index in [2.05, 4.69) is 0 Å². The predicted octanol–water partition coefficient (Wildman–Crippen LogP) is 3.93. The van der Waals surface area contributed by atoms with Crippen molar-refractivity contribution >= 4 is 11.6 Å². The average molecular weight is 279 g/mol. The van der Waals surface area contributed by atoms with Crippen LogP contribution in [0, 0.1) is 12.7 Å². The summed E-state index contributed by atoms with van der Waals surface area (Å²) in [5, 5.41) is 10.5. The zero-order valence-corrected chi connectivity index (χ0v) is 11.5. The van der Waals surface area contributed by atoms with E-state index in [-0.39, 0.29) is 12.2 Å². The minimum atomic E-state index is -0.615. The highest BCUT2D eigenvalue weighted by molar-refractivity contribution is 6.30. The largest absolute Gasteiger partial charge is 0.392 e. The molecule has 0 aliphatic heterocycles. The lowest BCUT2D eigenvalue weighted by molar-refractivity contribution is 0.174. The van der Waals surface area contributed by atoms with Crippen LogP contribution in [0.1, 0.15) is 16.7 Å². The number of rotatable bonds is 4. The first kappa shape index (κ1) is 14.0. The van der Waals surface area contributed by atoms with E-state index in [1.165, 1.54) is 17.7 Å². The van der Waals surface area contributed by atoms with Crippen molar-refractivity contribution in [3.8, 4) is 0 Å². The molecule has 0 saturated heterocycles. The summed E-state index contributed by atoms with van der Waals surface area (Å²) >= 11 is 5.83. The molecule has 2 aromatic carbocycles. The molecule has 0 heterocycles. The summed E-state index contributed by atoms with van der Waals surface area (Å²) in [7, 11) is 0. The Kier molecular flexibility index (Phi) is 4.56. The fourth-order valence-corrected chi connectivity index (χ4v) is 2.22. The number of hydrogen-bond acceptors (Lipinski definition) is 1. The third-order valence-electron chi connectivity index (χ3n) is 3.06. The van der Waals surface area contributed by atoms with E-state index in [9.17, 15) is 9.50 Å². The van der Waals surface area contributed by atoms with E-state index in [0.29, 0.717) is 17.0 Å². The molecule has 0 saturated carbocycles. The Morgan fingerprint density at radius 2 is 1.79 bits per heavy atom. The average Bonchev–Trinajstić information content (AvgIpc) is 2.37. The van der Waals surface area contributed by atoms with Gasteiger partial charge in [0, 0.05) is 11.4 Å². The zero-order valence-electron chi connectivity index (χ0n) is 10.7. The summed E-state index contributed by atoms with van der Waals surface area (Å²) in [6.45, 7) is 2.02. The lowest BCUT2D eigenvalue weighted by Crippen LogP contribution is -2.14. The van der Waals surface area contributed by atoms with Crippen molar-refractivity contribution in [2.45, 2.75) is 25.9 Å². The van der Waals surface area contributed by atoms with E-state index in [4.69, 9.17) is 11.6 Å². The Morgan fingerprint density at radius 1 is 1.11 bits per heavy atom. The van der Waals surface area contributed by atoms with Crippen molar-refractivity contribution in [1.29, 1.82) is 0 Å². The quantitative estimate of drug-likeness (QED) is 0.898. The van der Waals surface area contributed by atoms with Crippen LogP contribution in [0.3, 0.4) is 0 Å². The van der Waals surface area contributed by atoms with Gasteiger partial charge in [-0.05, 0) is 42.7 Å². The van der Waals surface area contributed by atoms with Crippen molar-refractivity contribution < 1.29 is 9.50 Å². The first-order valence-electron chi connectivity index (χ1n) is 6.22. The van der Waals surface area contributed by atoms with Gasteiger partial charge in [-0.2, -0.15) is 0 Å². The number of aliphatic hydroxyl groups excluding tert-OH is 1. The fraction of sp³-hybridized carbons (Fsp3) is 0.250. The van der Waals surface area contributed by atoms with Crippen LogP contribution in [0.5, 0.6) is 0 Å². The van der Waals surface area contributed by atoms with E-state index in [0.717, 1.165) is 5.56 Å². The molecule has 1 N–H and O–H groups in total. The van der Waals surface area contributed by atoms with Gasteiger partial charge in [0.15, 0.2) is 0 Å². The highest BCUT2D eigenvalue weighted by Gasteiger charge is 2.11. The first-order valence-corrected chi connectivity index (χ1v) is 6.60. The molecule has 0 fully saturated rings. The second kappa shape index (κ2) is 6.18. The van der Waals surface area contributed by atoms with E-state index < -0.39 is 6.10 Å². The van der Waals surface area contributed by atoms with Crippen LogP contribution in [0.15, 0.2) is 42.5 Å². The lowest BCUT2D eigenvalue weighted by Gasteiger charge is -2.12. The van der Waals surface area contributed by atoms with E-state index >= 15 is 0 Å². The highest BCUT2D eigenvalue weighted by Crippen LogP contribution is 2.17. The predicted molar refractivity (Wildman–Crippen MR) is 76.0 cm³/mol. The topological polar surface area (TPSA) is 20.2 Å². The van der Waals surface area contributed by atoms with Crippen LogP contribution < -0.4 is 0 Å². The van der Waals surface area contributed by atoms with Gasteiger partial charge in [0.2, 0.25) is 0 Å². The Labute approximate surface area is 117 Å². The number of aliphatic hydroxyl groups is 1. The van der Waals surface area contributed by atoms with Gasteiger partial charge in [0.25, 0.3) is 0 Å². The van der Waals surface area contributed by atoms with Crippen LogP contribution >= 0.6 is 11.6 Å². The Balaban J connectivity index is 2.02. The van der Waals surface area contributed by atoms with Crippen molar-refractivity contribution in [3.63, 3.8) is 0 Å². The first-order chi connectivity index (χ1) is 9.04. The van der Waals surface area contributed by atoms with Gasteiger partial charge in [-0.3, -0.25) is 0 Å². The molecule has 0 spiro atoms. The maximum Gasteiger partial charge on any atom is 0.126 e. The lowest BCUT2D eigenvalue weighted by atomic mass is 10.0. The summed E-state index contributed by atoms with van der Waals surface area (Å²) in [6.07, 6.45) is 0.155. The molecule has 0 aliphatic rings. The fourth-order valence-electron chi connectivity index (χ4n) is 2.02. The maximum atomic E-state index is 13.6. The molecule has 1 nitrogen and oxygen atoms in total. The smallest absolute Gasteiger partial charge is 0.126 e. The molecule has 0 amide bonds. The molecule has 0 aromatic heterocycles. The van der Waals surface area contributed by atoms with E-state index in [1.807, 2.05) is 31.2 Å². The number of hydrogen-bond donors (Lipinski definition) is 1. The summed E-state index contributed by atoms with van der Waals surface area (Å²) in [6, 6.07) is 12.4. The molecule has 2 rings (SSSR count). The summed E-state index contributed by atoms with van der Waals surface area (Å²) in [5.41, 5.74) is 2.67. The van der Waals surface area contributed by atoms with E-state index in [1.54, 1.807) is 6.07 Å². The summed E-state index contributed by atoms with van der Waals surface area (Å²) < 4.78 is 13.6. The third kappa shape index (κ3) is 4.05. The molecular weight excluding hydrogens is 263 g/mol. The Morgan fingerprint density at radius 3 is 2.47 bits per heavy atom. The molecule has 3 heteroatoms. The monoisotopic (exact) mass is 278 g/mol. The third-order valence-corrected chi connectivity index (χ3v) is 3.29. The normalized spacial score (nSPS) is 12.4. The van der Waals surface area contributed by atoms with Gasteiger partial charge < -0.3 is 5.11 Å². The van der Waals surface area contributed by atoms with Gasteiger partial charge in [-0.1, -0.05) is 41.4 Å². The highest BCUT2D eigenvalue weighted by atomic mass is 35.5. The van der Waals surface area contributed by atoms with Gasteiger partial charge in [-0.15, -0.1) is 0 Å². The van der Waals surface area contributed by atoms with Gasteiger partial charge in [0.05, 0.1) is 6.10 Å². The van der Waals surface area contributed by atoms with Crippen LogP contribution in [-0.4, -0.2) is 11.2 Å². The van der Waals surface area contributed by atoms with Gasteiger partial charge in [-0.25, -0.2) is 4.39 Å². The van der Waals surface area contributed by atoms with Crippen molar-refractivity contribution in [2.24, 2.45) is 0 Å². The second-order valence-corrected chi connectivity index (χ2v) is 5.22. The Hall–Kier alpha value is -1.38.